The molecular formula is C13H17BrN2. The molecule has 1 aromatic carbocycles. The zero-order valence-corrected chi connectivity index (χ0v) is 11.2. The quantitative estimate of drug-likeness (QED) is 0.878. The molecule has 0 bridgehead atoms. The van der Waals surface area contributed by atoms with Gasteiger partial charge in [0.1, 0.15) is 0 Å². The van der Waals surface area contributed by atoms with Crippen molar-refractivity contribution in [1.82, 2.24) is 4.98 Å². The van der Waals surface area contributed by atoms with E-state index in [9.17, 15) is 0 Å². The molecule has 3 N–H and O–H groups in total. The highest BCUT2D eigenvalue weighted by molar-refractivity contribution is 9.10. The van der Waals surface area contributed by atoms with Crippen molar-refractivity contribution in [3.05, 3.63) is 34.4 Å². The van der Waals surface area contributed by atoms with Crippen LogP contribution in [0.4, 0.5) is 0 Å². The molecule has 0 radical (unpaired) electrons. The van der Waals surface area contributed by atoms with Crippen molar-refractivity contribution in [2.45, 2.75) is 26.3 Å². The summed E-state index contributed by atoms with van der Waals surface area (Å²) >= 11 is 3.50. The van der Waals surface area contributed by atoms with E-state index < -0.39 is 0 Å². The van der Waals surface area contributed by atoms with Crippen LogP contribution in [0.2, 0.25) is 0 Å². The molecule has 0 saturated carbocycles. The number of aromatic nitrogens is 1. The number of hydrogen-bond donors (Lipinski definition) is 2. The normalized spacial score (nSPS) is 15.2. The highest BCUT2D eigenvalue weighted by Gasteiger charge is 2.16. The summed E-state index contributed by atoms with van der Waals surface area (Å²) in [6.45, 7) is 4.37. The molecule has 2 atom stereocenters. The van der Waals surface area contributed by atoms with Gasteiger partial charge in [-0.2, -0.15) is 0 Å². The lowest BCUT2D eigenvalue weighted by atomic mass is 9.93. The Balaban J connectivity index is 2.48. The minimum Gasteiger partial charge on any atom is -0.361 e. The van der Waals surface area contributed by atoms with Gasteiger partial charge in [0.15, 0.2) is 0 Å². The fourth-order valence-corrected chi connectivity index (χ4v) is 2.31. The van der Waals surface area contributed by atoms with Crippen LogP contribution in [0.3, 0.4) is 0 Å². The van der Waals surface area contributed by atoms with E-state index in [2.05, 4.69) is 46.9 Å². The average Bonchev–Trinajstić information content (AvgIpc) is 2.69. The van der Waals surface area contributed by atoms with Crippen molar-refractivity contribution >= 4 is 26.8 Å². The topological polar surface area (TPSA) is 41.8 Å². The third kappa shape index (κ3) is 2.02. The van der Waals surface area contributed by atoms with Gasteiger partial charge in [-0.1, -0.05) is 36.2 Å². The zero-order chi connectivity index (χ0) is 11.7. The smallest absolute Gasteiger partial charge is 0.0458 e. The molecular weight excluding hydrogens is 264 g/mol. The van der Waals surface area contributed by atoms with Crippen LogP contribution < -0.4 is 5.73 Å². The molecule has 1 heterocycles. The molecule has 0 fully saturated rings. The van der Waals surface area contributed by atoms with Gasteiger partial charge < -0.3 is 10.7 Å². The van der Waals surface area contributed by atoms with Crippen LogP contribution in [0.1, 0.15) is 31.9 Å². The van der Waals surface area contributed by atoms with Crippen molar-refractivity contribution in [3.63, 3.8) is 0 Å². The van der Waals surface area contributed by atoms with Gasteiger partial charge in [-0.3, -0.25) is 0 Å². The van der Waals surface area contributed by atoms with Crippen molar-refractivity contribution in [2.24, 2.45) is 11.7 Å². The van der Waals surface area contributed by atoms with E-state index in [-0.39, 0.29) is 6.04 Å². The van der Waals surface area contributed by atoms with E-state index in [4.69, 9.17) is 5.73 Å². The number of nitrogens with two attached hydrogens (primary N) is 1. The predicted molar refractivity (Wildman–Crippen MR) is 72.4 cm³/mol. The molecule has 3 heteroatoms. The maximum atomic E-state index is 6.27. The largest absolute Gasteiger partial charge is 0.361 e. The summed E-state index contributed by atoms with van der Waals surface area (Å²) < 4.78 is 1.09. The molecule has 2 aromatic rings. The number of nitrogens with one attached hydrogen (secondary N) is 1. The van der Waals surface area contributed by atoms with Gasteiger partial charge in [-0.25, -0.2) is 0 Å². The average molecular weight is 281 g/mol. The number of fused-ring (bicyclic) bond motifs is 1. The number of rotatable bonds is 3. The first-order valence-electron chi connectivity index (χ1n) is 5.65. The van der Waals surface area contributed by atoms with Gasteiger partial charge in [0.2, 0.25) is 0 Å². The minimum absolute atomic E-state index is 0.105. The minimum atomic E-state index is 0.105. The number of aromatic amines is 1. The highest BCUT2D eigenvalue weighted by Crippen LogP contribution is 2.30. The van der Waals surface area contributed by atoms with Crippen molar-refractivity contribution in [1.29, 1.82) is 0 Å². The SMILES string of the molecule is CCC(C)[C@@H](N)c1c[nH]c2ccc(Br)cc12. The third-order valence-electron chi connectivity index (χ3n) is 3.29. The van der Waals surface area contributed by atoms with E-state index in [1.165, 1.54) is 10.9 Å². The summed E-state index contributed by atoms with van der Waals surface area (Å²) in [7, 11) is 0. The number of benzene rings is 1. The summed E-state index contributed by atoms with van der Waals surface area (Å²) in [6, 6.07) is 6.35. The molecule has 0 amide bonds. The number of H-pyrrole nitrogens is 1. The first-order valence-corrected chi connectivity index (χ1v) is 6.45. The fourth-order valence-electron chi connectivity index (χ4n) is 1.95. The highest BCUT2D eigenvalue weighted by atomic mass is 79.9. The molecule has 2 nitrogen and oxygen atoms in total. The molecule has 0 aliphatic rings. The third-order valence-corrected chi connectivity index (χ3v) is 3.79. The van der Waals surface area contributed by atoms with E-state index in [1.54, 1.807) is 0 Å². The van der Waals surface area contributed by atoms with Crippen LogP contribution >= 0.6 is 15.9 Å². The Hall–Kier alpha value is -0.800. The lowest BCUT2D eigenvalue weighted by Crippen LogP contribution is -2.18. The summed E-state index contributed by atoms with van der Waals surface area (Å²) in [5, 5.41) is 1.22. The first kappa shape index (κ1) is 11.7. The Labute approximate surface area is 104 Å². The molecule has 86 valence electrons. The van der Waals surface area contributed by atoms with E-state index in [0.29, 0.717) is 5.92 Å². The van der Waals surface area contributed by atoms with Crippen LogP contribution in [0.15, 0.2) is 28.9 Å². The summed E-state index contributed by atoms with van der Waals surface area (Å²) in [5.41, 5.74) is 8.64. The Morgan fingerprint density at radius 2 is 2.19 bits per heavy atom. The second kappa shape index (κ2) is 4.60. The molecule has 0 saturated heterocycles. The predicted octanol–water partition coefficient (Wildman–Crippen LogP) is 3.98. The van der Waals surface area contributed by atoms with Crippen LogP contribution in [0.5, 0.6) is 0 Å². The maximum absolute atomic E-state index is 6.27. The first-order chi connectivity index (χ1) is 7.63. The monoisotopic (exact) mass is 280 g/mol. The van der Waals surface area contributed by atoms with Gasteiger partial charge in [0.25, 0.3) is 0 Å². The van der Waals surface area contributed by atoms with Crippen LogP contribution in [0, 0.1) is 5.92 Å². The van der Waals surface area contributed by atoms with E-state index >= 15 is 0 Å². The van der Waals surface area contributed by atoms with Crippen LogP contribution in [0.25, 0.3) is 10.9 Å². The van der Waals surface area contributed by atoms with Gasteiger partial charge in [0.05, 0.1) is 0 Å². The van der Waals surface area contributed by atoms with E-state index in [1.807, 2.05) is 12.3 Å². The number of halogens is 1. The fraction of sp³-hybridized carbons (Fsp3) is 0.385. The molecule has 0 aliphatic heterocycles. The Morgan fingerprint density at radius 3 is 2.88 bits per heavy atom. The van der Waals surface area contributed by atoms with Gasteiger partial charge in [-0.15, -0.1) is 0 Å². The zero-order valence-electron chi connectivity index (χ0n) is 9.63. The molecule has 16 heavy (non-hydrogen) atoms. The van der Waals surface area contributed by atoms with Gasteiger partial charge in [-0.05, 0) is 29.7 Å². The second-order valence-corrected chi connectivity index (χ2v) is 5.26. The van der Waals surface area contributed by atoms with Crippen LogP contribution in [-0.2, 0) is 0 Å². The summed E-state index contributed by atoms with van der Waals surface area (Å²) in [5.74, 6) is 0.498. The second-order valence-electron chi connectivity index (χ2n) is 4.35. The molecule has 0 aliphatic carbocycles. The maximum Gasteiger partial charge on any atom is 0.0458 e. The molecule has 2 rings (SSSR count). The van der Waals surface area contributed by atoms with Crippen molar-refractivity contribution < 1.29 is 0 Å². The van der Waals surface area contributed by atoms with Crippen LogP contribution in [-0.4, -0.2) is 4.98 Å². The Kier molecular flexibility index (Phi) is 3.36. The van der Waals surface area contributed by atoms with Crippen molar-refractivity contribution in [3.8, 4) is 0 Å². The van der Waals surface area contributed by atoms with Gasteiger partial charge in [0, 0.05) is 27.6 Å². The lowest BCUT2D eigenvalue weighted by Gasteiger charge is -2.17. The molecule has 1 aromatic heterocycles. The standard InChI is InChI=1S/C13H17BrN2/c1-3-8(2)13(15)11-7-16-12-5-4-9(14)6-10(11)12/h4-8,13,16H,3,15H2,1-2H3/t8?,13-/m1/s1. The lowest BCUT2D eigenvalue weighted by molar-refractivity contribution is 0.459. The van der Waals surface area contributed by atoms with Crippen molar-refractivity contribution in [2.75, 3.05) is 0 Å². The summed E-state index contributed by atoms with van der Waals surface area (Å²) in [6.07, 6.45) is 3.13. The Bertz CT molecular complexity index is 490. The molecule has 1 unspecified atom stereocenters. The number of hydrogen-bond acceptors (Lipinski definition) is 1. The van der Waals surface area contributed by atoms with E-state index in [0.717, 1.165) is 16.4 Å². The molecule has 0 spiro atoms. The summed E-state index contributed by atoms with van der Waals surface area (Å²) in [4.78, 5) is 3.27. The Morgan fingerprint density at radius 1 is 1.44 bits per heavy atom. The van der Waals surface area contributed by atoms with Gasteiger partial charge >= 0.3 is 0 Å².